The van der Waals surface area contributed by atoms with E-state index in [2.05, 4.69) is 35.8 Å². The number of hydrogen-bond acceptors (Lipinski definition) is 3. The third-order valence-corrected chi connectivity index (χ3v) is 5.55. The van der Waals surface area contributed by atoms with Crippen LogP contribution in [0, 0.1) is 5.41 Å². The number of hydrogen-bond donors (Lipinski definition) is 3. The summed E-state index contributed by atoms with van der Waals surface area (Å²) >= 11 is 5.77. The Morgan fingerprint density at radius 3 is 2.31 bits per heavy atom. The van der Waals surface area contributed by atoms with Gasteiger partial charge in [-0.3, -0.25) is 9.59 Å². The van der Waals surface area contributed by atoms with Crippen LogP contribution in [0.5, 0.6) is 0 Å². The Bertz CT molecular complexity index is 981. The number of nitrogens with one attached hydrogen (secondary N) is 2. The molecule has 196 valence electrons. The van der Waals surface area contributed by atoms with Crippen LogP contribution >= 0.6 is 11.6 Å². The number of aliphatic hydroxyl groups excluding tert-OH is 1. The highest BCUT2D eigenvalue weighted by Crippen LogP contribution is 2.20. The topological polar surface area (TPSA) is 78.4 Å². The molecule has 0 fully saturated rings. The van der Waals surface area contributed by atoms with Gasteiger partial charge in [0.2, 0.25) is 11.8 Å². The van der Waals surface area contributed by atoms with Crippen LogP contribution in [0.4, 0.5) is 0 Å². The number of carbonyl (C=O) groups is 2. The van der Waals surface area contributed by atoms with E-state index in [4.69, 9.17) is 11.6 Å². The average molecular weight is 513 g/mol. The molecule has 0 aliphatic carbocycles. The molecule has 3 N–H and O–H groups in total. The van der Waals surface area contributed by atoms with E-state index in [1.807, 2.05) is 58.0 Å². The summed E-state index contributed by atoms with van der Waals surface area (Å²) in [4.78, 5) is 25.2. The second-order valence-corrected chi connectivity index (χ2v) is 10.6. The van der Waals surface area contributed by atoms with Crippen molar-refractivity contribution in [2.24, 2.45) is 5.41 Å². The predicted octanol–water partition coefficient (Wildman–Crippen LogP) is 6.29. The zero-order chi connectivity index (χ0) is 27.1. The minimum absolute atomic E-state index is 0.290. The molecule has 0 aliphatic rings. The zero-order valence-electron chi connectivity index (χ0n) is 22.3. The van der Waals surface area contributed by atoms with Gasteiger partial charge in [0.15, 0.2) is 0 Å². The molecule has 6 heteroatoms. The fourth-order valence-electron chi connectivity index (χ4n) is 3.36. The van der Waals surface area contributed by atoms with Crippen LogP contribution in [0.15, 0.2) is 89.7 Å². The van der Waals surface area contributed by atoms with Gasteiger partial charge in [0, 0.05) is 11.1 Å². The van der Waals surface area contributed by atoms with Crippen LogP contribution < -0.4 is 10.6 Å². The SMILES string of the molecule is CC(Cl)=CC[C@H](O)CC=CNC(=O)[C@@H](NC(=O)C=CC=CC(C)=C[C@H](C)c1ccccc1)C(C)(C)C. The van der Waals surface area contributed by atoms with E-state index >= 15 is 0 Å². The highest BCUT2D eigenvalue weighted by molar-refractivity contribution is 6.29. The minimum Gasteiger partial charge on any atom is -0.392 e. The van der Waals surface area contributed by atoms with Crippen molar-refractivity contribution in [3.05, 3.63) is 95.2 Å². The normalized spacial score (nSPS) is 15.9. The maximum Gasteiger partial charge on any atom is 0.247 e. The lowest BCUT2D eigenvalue weighted by Gasteiger charge is -2.29. The van der Waals surface area contributed by atoms with Gasteiger partial charge in [-0.25, -0.2) is 0 Å². The van der Waals surface area contributed by atoms with Gasteiger partial charge in [0.25, 0.3) is 0 Å². The number of aliphatic hydroxyl groups is 1. The maximum atomic E-state index is 12.7. The summed E-state index contributed by atoms with van der Waals surface area (Å²) in [5.74, 6) is -0.384. The molecule has 0 saturated carbocycles. The highest BCUT2D eigenvalue weighted by Gasteiger charge is 2.31. The standard InChI is InChI=1S/C30H41ClN2O3/c1-22(21-23(2)25-14-8-7-9-15-25)13-10-11-17-27(35)33-28(30(4,5)6)29(36)32-20-12-16-26(34)19-18-24(3)31/h7-15,17-18,20-21,23,26,28,34H,16,19H2,1-6H3,(H,32,36)(H,33,35)/t23-,26+,28+/m0/s1. The number of benzene rings is 1. The van der Waals surface area contributed by atoms with Gasteiger partial charge in [-0.05, 0) is 49.8 Å². The second-order valence-electron chi connectivity index (χ2n) is 9.96. The van der Waals surface area contributed by atoms with E-state index in [1.54, 1.807) is 25.2 Å². The summed E-state index contributed by atoms with van der Waals surface area (Å²) in [5.41, 5.74) is 1.84. The van der Waals surface area contributed by atoms with Crippen molar-refractivity contribution in [3.63, 3.8) is 0 Å². The molecular formula is C30H41ClN2O3. The quantitative estimate of drug-likeness (QED) is 0.227. The van der Waals surface area contributed by atoms with E-state index < -0.39 is 17.6 Å². The number of allylic oxidation sites excluding steroid dienone is 6. The van der Waals surface area contributed by atoms with Crippen molar-refractivity contribution >= 4 is 23.4 Å². The number of carbonyl (C=O) groups excluding carboxylic acids is 2. The van der Waals surface area contributed by atoms with Gasteiger partial charge in [-0.1, -0.05) is 112 Å². The molecule has 0 aromatic heterocycles. The highest BCUT2D eigenvalue weighted by atomic mass is 35.5. The summed E-state index contributed by atoms with van der Waals surface area (Å²) in [6.45, 7) is 11.6. The molecule has 0 radical (unpaired) electrons. The van der Waals surface area contributed by atoms with E-state index in [9.17, 15) is 14.7 Å². The lowest BCUT2D eigenvalue weighted by molar-refractivity contribution is -0.129. The molecular weight excluding hydrogens is 472 g/mol. The number of rotatable bonds is 12. The molecule has 1 rings (SSSR count). The molecule has 5 nitrogen and oxygen atoms in total. The monoisotopic (exact) mass is 512 g/mol. The number of halogens is 1. The first-order chi connectivity index (χ1) is 16.9. The molecule has 0 aliphatic heterocycles. The van der Waals surface area contributed by atoms with Crippen molar-refractivity contribution in [1.29, 1.82) is 0 Å². The third-order valence-electron chi connectivity index (χ3n) is 5.39. The van der Waals surface area contributed by atoms with Crippen LogP contribution in [-0.4, -0.2) is 29.1 Å². The zero-order valence-corrected chi connectivity index (χ0v) is 23.0. The van der Waals surface area contributed by atoms with E-state index in [0.717, 1.165) is 5.57 Å². The van der Waals surface area contributed by atoms with Crippen molar-refractivity contribution < 1.29 is 14.7 Å². The molecule has 3 atom stereocenters. The largest absolute Gasteiger partial charge is 0.392 e. The summed E-state index contributed by atoms with van der Waals surface area (Å²) in [7, 11) is 0. The van der Waals surface area contributed by atoms with Gasteiger partial charge in [0.1, 0.15) is 6.04 Å². The Hall–Kier alpha value is -2.89. The van der Waals surface area contributed by atoms with Gasteiger partial charge < -0.3 is 15.7 Å². The van der Waals surface area contributed by atoms with E-state index in [-0.39, 0.29) is 17.7 Å². The smallest absolute Gasteiger partial charge is 0.247 e. The maximum absolute atomic E-state index is 12.7. The van der Waals surface area contributed by atoms with Gasteiger partial charge in [0.05, 0.1) is 6.10 Å². The van der Waals surface area contributed by atoms with Crippen LogP contribution in [0.2, 0.25) is 0 Å². The molecule has 2 amide bonds. The van der Waals surface area contributed by atoms with Crippen LogP contribution in [-0.2, 0) is 9.59 Å². The Labute approximate surface area is 221 Å². The minimum atomic E-state index is -0.733. The first-order valence-electron chi connectivity index (χ1n) is 12.2. The molecule has 0 saturated heterocycles. The molecule has 0 bridgehead atoms. The van der Waals surface area contributed by atoms with Gasteiger partial charge in [-0.2, -0.15) is 0 Å². The summed E-state index contributed by atoms with van der Waals surface area (Å²) < 4.78 is 0. The average Bonchev–Trinajstić information content (AvgIpc) is 2.81. The first kappa shape index (κ1) is 31.1. The van der Waals surface area contributed by atoms with E-state index in [1.165, 1.54) is 17.8 Å². The van der Waals surface area contributed by atoms with Crippen molar-refractivity contribution in [2.45, 2.75) is 72.4 Å². The van der Waals surface area contributed by atoms with Crippen molar-refractivity contribution in [2.75, 3.05) is 0 Å². The fourth-order valence-corrected chi connectivity index (χ4v) is 3.45. The molecule has 0 unspecified atom stereocenters. The Morgan fingerprint density at radius 2 is 1.69 bits per heavy atom. The predicted molar refractivity (Wildman–Crippen MR) is 150 cm³/mol. The molecule has 0 heterocycles. The molecule has 36 heavy (non-hydrogen) atoms. The molecule has 1 aromatic rings. The van der Waals surface area contributed by atoms with Crippen LogP contribution in [0.25, 0.3) is 0 Å². The van der Waals surface area contributed by atoms with Crippen molar-refractivity contribution in [3.8, 4) is 0 Å². The summed E-state index contributed by atoms with van der Waals surface area (Å²) in [6, 6.07) is 9.53. The van der Waals surface area contributed by atoms with E-state index in [0.29, 0.717) is 17.9 Å². The molecule has 1 aromatic carbocycles. The van der Waals surface area contributed by atoms with Crippen molar-refractivity contribution in [1.82, 2.24) is 10.6 Å². The second kappa shape index (κ2) is 16.0. The van der Waals surface area contributed by atoms with Crippen LogP contribution in [0.1, 0.15) is 65.9 Å². The lowest BCUT2D eigenvalue weighted by atomic mass is 9.86. The van der Waals surface area contributed by atoms with Crippen LogP contribution in [0.3, 0.4) is 0 Å². The third kappa shape index (κ3) is 13.3. The Morgan fingerprint density at radius 1 is 1.06 bits per heavy atom. The molecule has 0 spiro atoms. The lowest BCUT2D eigenvalue weighted by Crippen LogP contribution is -2.52. The Kier molecular flexibility index (Phi) is 13.8. The van der Waals surface area contributed by atoms with Gasteiger partial charge >= 0.3 is 0 Å². The summed E-state index contributed by atoms with van der Waals surface area (Å²) in [6.07, 6.45) is 14.2. The van der Waals surface area contributed by atoms with Gasteiger partial charge in [-0.15, -0.1) is 0 Å². The number of amides is 2. The Balaban J connectivity index is 2.63. The summed E-state index contributed by atoms with van der Waals surface area (Å²) in [5, 5.41) is 16.0. The first-order valence-corrected chi connectivity index (χ1v) is 12.6. The fraction of sp³-hybridized carbons (Fsp3) is 0.400.